The van der Waals surface area contributed by atoms with Gasteiger partial charge in [0.25, 0.3) is 0 Å². The van der Waals surface area contributed by atoms with E-state index < -0.39 is 0 Å². The van der Waals surface area contributed by atoms with Crippen molar-refractivity contribution in [3.63, 3.8) is 0 Å². The minimum Gasteiger partial charge on any atom is -0.334 e. The molecule has 2 atom stereocenters. The molecule has 2 aliphatic rings. The van der Waals surface area contributed by atoms with E-state index in [1.807, 2.05) is 24.3 Å². The zero-order valence-corrected chi connectivity index (χ0v) is 18.6. The number of nitrogens with zero attached hydrogens (tertiary/aromatic N) is 1. The van der Waals surface area contributed by atoms with E-state index in [0.717, 1.165) is 49.0 Å². The molecule has 1 heterocycles. The molecule has 0 unspecified atom stereocenters. The van der Waals surface area contributed by atoms with Crippen LogP contribution in [0.1, 0.15) is 37.7 Å². The van der Waals surface area contributed by atoms with Gasteiger partial charge in [0, 0.05) is 27.8 Å². The highest BCUT2D eigenvalue weighted by molar-refractivity contribution is 6.30. The first-order valence-corrected chi connectivity index (χ1v) is 11.6. The monoisotopic (exact) mass is 445 g/mol. The Kier molecular flexibility index (Phi) is 7.19. The van der Waals surface area contributed by atoms with E-state index in [2.05, 4.69) is 27.7 Å². The minimum absolute atomic E-state index is 0.133. The molecule has 30 heavy (non-hydrogen) atoms. The molecule has 2 amide bonds. The Bertz CT molecular complexity index is 833. The number of carbonyl (C=O) groups is 1. The summed E-state index contributed by atoms with van der Waals surface area (Å²) in [6.07, 6.45) is 6.92. The molecule has 2 fully saturated rings. The molecule has 0 bridgehead atoms. The Hall–Kier alpha value is -1.75. The van der Waals surface area contributed by atoms with Gasteiger partial charge in [-0.2, -0.15) is 0 Å². The smallest absolute Gasteiger partial charge is 0.319 e. The van der Waals surface area contributed by atoms with Crippen molar-refractivity contribution in [2.24, 2.45) is 5.92 Å². The molecular formula is C24H29Cl2N3O. The Morgan fingerprint density at radius 3 is 2.20 bits per heavy atom. The lowest BCUT2D eigenvalue weighted by molar-refractivity contribution is 0.119. The number of benzene rings is 2. The number of urea groups is 1. The van der Waals surface area contributed by atoms with Crippen LogP contribution in [0, 0.1) is 5.92 Å². The van der Waals surface area contributed by atoms with E-state index in [-0.39, 0.29) is 12.1 Å². The zero-order valence-electron chi connectivity index (χ0n) is 17.1. The first-order valence-electron chi connectivity index (χ1n) is 10.9. The molecule has 0 spiro atoms. The molecule has 2 N–H and O–H groups in total. The van der Waals surface area contributed by atoms with Gasteiger partial charge in [0.05, 0.1) is 0 Å². The van der Waals surface area contributed by atoms with E-state index >= 15 is 0 Å². The fourth-order valence-corrected chi connectivity index (χ4v) is 5.11. The standard InChI is InChI=1S/C24H29Cl2N3O/c25-19-6-4-17(5-7-19)16-18-12-14-29(15-13-18)23-3-1-2-22(23)28-24(30)27-21-10-8-20(26)9-11-21/h4-11,18,22-23H,1-3,12-16H2,(H2,27,28,30)/t22-,23-/m1/s1. The van der Waals surface area contributed by atoms with Crippen molar-refractivity contribution in [3.8, 4) is 0 Å². The number of carbonyl (C=O) groups excluding carboxylic acids is 1. The number of amides is 2. The molecule has 1 saturated carbocycles. The van der Waals surface area contributed by atoms with Crippen LogP contribution in [0.5, 0.6) is 0 Å². The van der Waals surface area contributed by atoms with E-state index in [0.29, 0.717) is 11.1 Å². The predicted molar refractivity (Wildman–Crippen MR) is 124 cm³/mol. The Balaban J connectivity index is 1.26. The fraction of sp³-hybridized carbons (Fsp3) is 0.458. The normalized spacial score (nSPS) is 22.7. The lowest BCUT2D eigenvalue weighted by Gasteiger charge is -2.38. The van der Waals surface area contributed by atoms with Crippen molar-refractivity contribution in [1.82, 2.24) is 10.2 Å². The number of halogens is 2. The van der Waals surface area contributed by atoms with Crippen LogP contribution in [0.4, 0.5) is 10.5 Å². The van der Waals surface area contributed by atoms with Gasteiger partial charge in [-0.3, -0.25) is 4.90 Å². The largest absolute Gasteiger partial charge is 0.334 e. The van der Waals surface area contributed by atoms with Crippen LogP contribution in [0.25, 0.3) is 0 Å². The topological polar surface area (TPSA) is 44.4 Å². The molecule has 1 aliphatic heterocycles. The van der Waals surface area contributed by atoms with E-state index in [1.165, 1.54) is 24.8 Å². The average molecular weight is 446 g/mol. The van der Waals surface area contributed by atoms with Crippen LogP contribution >= 0.6 is 23.2 Å². The van der Waals surface area contributed by atoms with Crippen molar-refractivity contribution >= 4 is 34.9 Å². The van der Waals surface area contributed by atoms with Gasteiger partial charge >= 0.3 is 6.03 Å². The van der Waals surface area contributed by atoms with Crippen LogP contribution in [0.3, 0.4) is 0 Å². The maximum atomic E-state index is 12.5. The molecule has 0 aromatic heterocycles. The van der Waals surface area contributed by atoms with Crippen LogP contribution in [0.15, 0.2) is 48.5 Å². The molecule has 4 nitrogen and oxygen atoms in total. The number of piperidine rings is 1. The maximum Gasteiger partial charge on any atom is 0.319 e. The highest BCUT2D eigenvalue weighted by Gasteiger charge is 2.35. The number of likely N-dealkylation sites (tertiary alicyclic amines) is 1. The molecule has 4 rings (SSSR count). The van der Waals surface area contributed by atoms with Crippen LogP contribution in [-0.2, 0) is 6.42 Å². The van der Waals surface area contributed by atoms with Crippen molar-refractivity contribution in [3.05, 3.63) is 64.1 Å². The second-order valence-electron chi connectivity index (χ2n) is 8.52. The second kappa shape index (κ2) is 10.0. The molecule has 160 valence electrons. The third kappa shape index (κ3) is 5.69. The molecule has 2 aromatic carbocycles. The third-order valence-electron chi connectivity index (χ3n) is 6.45. The quantitative estimate of drug-likeness (QED) is 0.593. The van der Waals surface area contributed by atoms with E-state index in [4.69, 9.17) is 23.2 Å². The highest BCUT2D eigenvalue weighted by atomic mass is 35.5. The van der Waals surface area contributed by atoms with Gasteiger partial charge in [0.15, 0.2) is 0 Å². The van der Waals surface area contributed by atoms with E-state index in [1.54, 1.807) is 12.1 Å². The summed E-state index contributed by atoms with van der Waals surface area (Å²) in [5.74, 6) is 0.725. The van der Waals surface area contributed by atoms with Gasteiger partial charge in [0.1, 0.15) is 0 Å². The van der Waals surface area contributed by atoms with Crippen LogP contribution in [-0.4, -0.2) is 36.1 Å². The number of rotatable bonds is 5. The summed E-state index contributed by atoms with van der Waals surface area (Å²) < 4.78 is 0. The van der Waals surface area contributed by atoms with E-state index in [9.17, 15) is 4.79 Å². The Morgan fingerprint density at radius 1 is 0.900 bits per heavy atom. The SMILES string of the molecule is O=C(Nc1ccc(Cl)cc1)N[C@@H]1CCC[C@H]1N1CCC(Cc2ccc(Cl)cc2)CC1. The number of hydrogen-bond acceptors (Lipinski definition) is 2. The Morgan fingerprint density at radius 2 is 1.53 bits per heavy atom. The highest BCUT2D eigenvalue weighted by Crippen LogP contribution is 2.30. The summed E-state index contributed by atoms with van der Waals surface area (Å²) in [6, 6.07) is 16.0. The lowest BCUT2D eigenvalue weighted by Crippen LogP contribution is -2.52. The lowest BCUT2D eigenvalue weighted by atomic mass is 9.89. The van der Waals surface area contributed by atoms with Crippen LogP contribution < -0.4 is 10.6 Å². The number of hydrogen-bond donors (Lipinski definition) is 2. The summed E-state index contributed by atoms with van der Waals surface area (Å²) in [4.78, 5) is 15.1. The van der Waals surface area contributed by atoms with Gasteiger partial charge in [-0.15, -0.1) is 0 Å². The molecule has 6 heteroatoms. The third-order valence-corrected chi connectivity index (χ3v) is 6.96. The Labute approximate surface area is 188 Å². The molecule has 1 aliphatic carbocycles. The maximum absolute atomic E-state index is 12.5. The second-order valence-corrected chi connectivity index (χ2v) is 9.39. The zero-order chi connectivity index (χ0) is 20.9. The number of nitrogens with one attached hydrogen (secondary N) is 2. The van der Waals surface area contributed by atoms with Gasteiger partial charge in [-0.1, -0.05) is 35.3 Å². The summed E-state index contributed by atoms with van der Waals surface area (Å²) in [5, 5.41) is 7.59. The minimum atomic E-state index is -0.133. The molecule has 1 saturated heterocycles. The van der Waals surface area contributed by atoms with Crippen molar-refractivity contribution < 1.29 is 4.79 Å². The average Bonchev–Trinajstić information content (AvgIpc) is 3.20. The predicted octanol–water partition coefficient (Wildman–Crippen LogP) is 5.99. The van der Waals surface area contributed by atoms with Crippen molar-refractivity contribution in [1.29, 1.82) is 0 Å². The summed E-state index contributed by atoms with van der Waals surface area (Å²) in [6.45, 7) is 2.22. The molecular weight excluding hydrogens is 417 g/mol. The fourth-order valence-electron chi connectivity index (χ4n) is 4.86. The first kappa shape index (κ1) is 21.5. The van der Waals surface area contributed by atoms with Crippen LogP contribution in [0.2, 0.25) is 10.0 Å². The first-order chi connectivity index (χ1) is 14.6. The van der Waals surface area contributed by atoms with Crippen molar-refractivity contribution in [2.75, 3.05) is 18.4 Å². The van der Waals surface area contributed by atoms with Gasteiger partial charge in [0.2, 0.25) is 0 Å². The molecule has 2 aromatic rings. The van der Waals surface area contributed by atoms with Gasteiger partial charge < -0.3 is 10.6 Å². The molecule has 0 radical (unpaired) electrons. The van der Waals surface area contributed by atoms with Gasteiger partial charge in [-0.05, 0) is 99.5 Å². The summed E-state index contributed by atoms with van der Waals surface area (Å²) in [5.41, 5.74) is 2.13. The summed E-state index contributed by atoms with van der Waals surface area (Å²) in [7, 11) is 0. The number of anilines is 1. The van der Waals surface area contributed by atoms with Gasteiger partial charge in [-0.25, -0.2) is 4.79 Å². The van der Waals surface area contributed by atoms with Crippen molar-refractivity contribution in [2.45, 2.75) is 50.6 Å². The summed E-state index contributed by atoms with van der Waals surface area (Å²) >= 11 is 11.9.